The van der Waals surface area contributed by atoms with Crippen LogP contribution in [0.15, 0.2) is 71.2 Å². The van der Waals surface area contributed by atoms with Gasteiger partial charge in [-0.15, -0.1) is 0 Å². The van der Waals surface area contributed by atoms with Gasteiger partial charge in [-0.05, 0) is 23.8 Å². The van der Waals surface area contributed by atoms with Gasteiger partial charge in [0, 0.05) is 5.69 Å². The highest BCUT2D eigenvalue weighted by atomic mass is 19.1. The Morgan fingerprint density at radius 3 is 2.15 bits per heavy atom. The number of halogens is 1. The first-order valence-corrected chi connectivity index (χ1v) is 9.84. The van der Waals surface area contributed by atoms with E-state index in [-0.39, 0.29) is 28.4 Å². The molecule has 0 radical (unpaired) electrons. The summed E-state index contributed by atoms with van der Waals surface area (Å²) in [6.45, 7) is 0. The second-order valence-corrected chi connectivity index (χ2v) is 6.99. The van der Waals surface area contributed by atoms with Crippen molar-refractivity contribution in [3.8, 4) is 6.07 Å². The van der Waals surface area contributed by atoms with Crippen LogP contribution in [0.1, 0.15) is 21.8 Å². The Balaban J connectivity index is 2.41. The lowest BCUT2D eigenvalue weighted by molar-refractivity contribution is -0.139. The van der Waals surface area contributed by atoms with E-state index in [4.69, 9.17) is 15.2 Å². The molecule has 10 heteroatoms. The Labute approximate surface area is 194 Å². The first kappa shape index (κ1) is 24.0. The van der Waals surface area contributed by atoms with Crippen LogP contribution in [0, 0.1) is 17.1 Å². The third kappa shape index (κ3) is 4.06. The lowest BCUT2D eigenvalue weighted by atomic mass is 9.81. The van der Waals surface area contributed by atoms with Gasteiger partial charge in [0.15, 0.2) is 0 Å². The van der Waals surface area contributed by atoms with E-state index in [9.17, 15) is 24.0 Å². The van der Waals surface area contributed by atoms with Gasteiger partial charge >= 0.3 is 17.9 Å². The number of allylic oxidation sites excluding steroid dienone is 1. The number of hydrogen-bond acceptors (Lipinski definition) is 9. The van der Waals surface area contributed by atoms with E-state index >= 15 is 0 Å². The summed E-state index contributed by atoms with van der Waals surface area (Å²) in [6, 6.07) is 13.7. The number of esters is 3. The summed E-state index contributed by atoms with van der Waals surface area (Å²) in [7, 11) is 3.30. The molecule has 34 heavy (non-hydrogen) atoms. The Hall–Kier alpha value is -4.65. The van der Waals surface area contributed by atoms with Crippen molar-refractivity contribution >= 4 is 23.6 Å². The summed E-state index contributed by atoms with van der Waals surface area (Å²) in [6.07, 6.45) is 0. The van der Waals surface area contributed by atoms with Crippen LogP contribution < -0.4 is 10.6 Å². The van der Waals surface area contributed by atoms with Crippen LogP contribution >= 0.6 is 0 Å². The minimum atomic E-state index is -1.05. The smallest absolute Gasteiger partial charge is 0.355 e. The number of hydrogen-bond donors (Lipinski definition) is 1. The molecule has 0 fully saturated rings. The standard InChI is InChI=1S/C24H20FN3O6/c1-32-22(29)15-11-14(9-10-17(15)25)28-20(24(31)34-3)19(23(30)33-2)18(16(12-26)21(28)27)13-7-5-4-6-8-13/h4-11,18H,27H2,1-3H3. The van der Waals surface area contributed by atoms with E-state index in [1.54, 1.807) is 30.3 Å². The van der Waals surface area contributed by atoms with Crippen LogP contribution in [0.2, 0.25) is 0 Å². The van der Waals surface area contributed by atoms with Crippen LogP contribution in [0.25, 0.3) is 0 Å². The van der Waals surface area contributed by atoms with Crippen molar-refractivity contribution in [2.75, 3.05) is 26.2 Å². The number of methoxy groups -OCH3 is 3. The van der Waals surface area contributed by atoms with Gasteiger partial charge in [-0.1, -0.05) is 30.3 Å². The normalized spacial score (nSPS) is 15.5. The minimum Gasteiger partial charge on any atom is -0.466 e. The van der Waals surface area contributed by atoms with Gasteiger partial charge in [0.05, 0.1) is 50.0 Å². The molecule has 0 aliphatic carbocycles. The molecular weight excluding hydrogens is 445 g/mol. The van der Waals surface area contributed by atoms with Gasteiger partial charge in [-0.2, -0.15) is 5.26 Å². The highest BCUT2D eigenvalue weighted by Gasteiger charge is 2.43. The first-order valence-electron chi connectivity index (χ1n) is 9.84. The molecule has 0 amide bonds. The summed E-state index contributed by atoms with van der Waals surface area (Å²) < 4.78 is 28.7. The number of nitriles is 1. The van der Waals surface area contributed by atoms with Crippen molar-refractivity contribution < 1.29 is 33.0 Å². The quantitative estimate of drug-likeness (QED) is 0.522. The number of nitrogens with zero attached hydrogens (tertiary/aromatic N) is 2. The molecule has 3 rings (SSSR count). The third-order valence-electron chi connectivity index (χ3n) is 5.22. The number of rotatable bonds is 5. The largest absolute Gasteiger partial charge is 0.466 e. The molecule has 2 aromatic rings. The van der Waals surface area contributed by atoms with Gasteiger partial charge < -0.3 is 19.9 Å². The van der Waals surface area contributed by atoms with Crippen molar-refractivity contribution in [2.45, 2.75) is 5.92 Å². The maximum Gasteiger partial charge on any atom is 0.355 e. The third-order valence-corrected chi connectivity index (χ3v) is 5.22. The van der Waals surface area contributed by atoms with E-state index in [0.29, 0.717) is 5.56 Å². The molecule has 0 spiro atoms. The highest BCUT2D eigenvalue weighted by molar-refractivity contribution is 6.06. The van der Waals surface area contributed by atoms with Crippen molar-refractivity contribution in [1.82, 2.24) is 0 Å². The first-order chi connectivity index (χ1) is 16.3. The fourth-order valence-corrected chi connectivity index (χ4v) is 3.70. The summed E-state index contributed by atoms with van der Waals surface area (Å²) >= 11 is 0. The Morgan fingerprint density at radius 1 is 0.971 bits per heavy atom. The van der Waals surface area contributed by atoms with E-state index in [1.807, 2.05) is 6.07 Å². The molecule has 1 unspecified atom stereocenters. The number of carbonyl (C=O) groups is 3. The van der Waals surface area contributed by atoms with Crippen LogP contribution in [0.5, 0.6) is 0 Å². The summed E-state index contributed by atoms with van der Waals surface area (Å²) in [5.74, 6) is -5.00. The molecule has 0 aromatic heterocycles. The molecule has 2 N–H and O–H groups in total. The number of nitrogens with two attached hydrogens (primary N) is 1. The van der Waals surface area contributed by atoms with E-state index < -0.39 is 35.2 Å². The van der Waals surface area contributed by atoms with Gasteiger partial charge in [-0.3, -0.25) is 4.90 Å². The molecule has 0 saturated carbocycles. The lowest BCUT2D eigenvalue weighted by Gasteiger charge is -2.36. The summed E-state index contributed by atoms with van der Waals surface area (Å²) in [4.78, 5) is 39.1. The Kier molecular flexibility index (Phi) is 6.97. The second-order valence-electron chi connectivity index (χ2n) is 6.99. The minimum absolute atomic E-state index is 0.0142. The predicted molar refractivity (Wildman–Crippen MR) is 117 cm³/mol. The fraction of sp³-hybridized carbons (Fsp3) is 0.167. The zero-order valence-electron chi connectivity index (χ0n) is 18.5. The van der Waals surface area contributed by atoms with Crippen LogP contribution in [-0.2, 0) is 23.8 Å². The predicted octanol–water partition coefficient (Wildman–Crippen LogP) is 2.51. The van der Waals surface area contributed by atoms with Crippen LogP contribution in [-0.4, -0.2) is 39.2 Å². The van der Waals surface area contributed by atoms with Crippen LogP contribution in [0.4, 0.5) is 10.1 Å². The zero-order chi connectivity index (χ0) is 25.0. The number of carbonyl (C=O) groups excluding carboxylic acids is 3. The maximum atomic E-state index is 14.3. The van der Waals surface area contributed by atoms with Gasteiger partial charge in [0.1, 0.15) is 17.3 Å². The molecule has 174 valence electrons. The van der Waals surface area contributed by atoms with Crippen molar-refractivity contribution in [3.05, 3.63) is 88.1 Å². The lowest BCUT2D eigenvalue weighted by Crippen LogP contribution is -2.40. The number of benzene rings is 2. The van der Waals surface area contributed by atoms with Crippen LogP contribution in [0.3, 0.4) is 0 Å². The van der Waals surface area contributed by atoms with E-state index in [1.165, 1.54) is 6.07 Å². The maximum absolute atomic E-state index is 14.3. The number of anilines is 1. The molecule has 9 nitrogen and oxygen atoms in total. The molecule has 1 heterocycles. The van der Waals surface area contributed by atoms with Crippen molar-refractivity contribution in [1.29, 1.82) is 5.26 Å². The Morgan fingerprint density at radius 2 is 1.59 bits per heavy atom. The zero-order valence-corrected chi connectivity index (χ0v) is 18.5. The molecule has 0 bridgehead atoms. The van der Waals surface area contributed by atoms with Gasteiger partial charge in [-0.25, -0.2) is 18.8 Å². The van der Waals surface area contributed by atoms with E-state index in [2.05, 4.69) is 4.74 Å². The molecule has 1 aliphatic heterocycles. The van der Waals surface area contributed by atoms with Crippen molar-refractivity contribution in [2.24, 2.45) is 5.73 Å². The monoisotopic (exact) mass is 465 g/mol. The number of ether oxygens (including phenoxy) is 3. The SMILES string of the molecule is COC(=O)C1=C(C(=O)OC)N(c2ccc(F)c(C(=O)OC)c2)C(N)=C(C#N)C1c1ccccc1. The molecule has 1 atom stereocenters. The second kappa shape index (κ2) is 9.87. The van der Waals surface area contributed by atoms with E-state index in [0.717, 1.165) is 38.4 Å². The van der Waals surface area contributed by atoms with Gasteiger partial charge in [0.2, 0.25) is 0 Å². The molecular formula is C24H20FN3O6. The average Bonchev–Trinajstić information content (AvgIpc) is 2.87. The molecule has 2 aromatic carbocycles. The topological polar surface area (TPSA) is 132 Å². The van der Waals surface area contributed by atoms with Crippen molar-refractivity contribution in [3.63, 3.8) is 0 Å². The Bertz CT molecular complexity index is 1260. The average molecular weight is 465 g/mol. The fourth-order valence-electron chi connectivity index (χ4n) is 3.70. The summed E-state index contributed by atoms with van der Waals surface area (Å²) in [5.41, 5.74) is 5.80. The van der Waals surface area contributed by atoms with Gasteiger partial charge in [0.25, 0.3) is 0 Å². The highest BCUT2D eigenvalue weighted by Crippen LogP contribution is 2.43. The molecule has 1 aliphatic rings. The summed E-state index contributed by atoms with van der Waals surface area (Å²) in [5, 5.41) is 10.00. The molecule has 0 saturated heterocycles.